The molecule has 0 aliphatic carbocycles. The van der Waals surface area contributed by atoms with Crippen molar-refractivity contribution in [2.24, 2.45) is 5.10 Å². The number of carbonyl (C=O) groups is 1. The molecule has 0 unspecified atom stereocenters. The second kappa shape index (κ2) is 9.48. The van der Waals surface area contributed by atoms with Gasteiger partial charge in [0.05, 0.1) is 11.5 Å². The highest BCUT2D eigenvalue weighted by atomic mass is 32.2. The molecule has 32 heavy (non-hydrogen) atoms. The largest absolute Gasteiger partial charge is 0.334 e. The van der Waals surface area contributed by atoms with Gasteiger partial charge in [0.2, 0.25) is 11.1 Å². The van der Waals surface area contributed by atoms with Crippen LogP contribution in [0.25, 0.3) is 10.8 Å². The van der Waals surface area contributed by atoms with Gasteiger partial charge in [0.25, 0.3) is 5.95 Å². The van der Waals surface area contributed by atoms with Gasteiger partial charge in [0.15, 0.2) is 0 Å². The second-order valence-electron chi connectivity index (χ2n) is 6.89. The molecular formula is C22H20FN7OS. The lowest BCUT2D eigenvalue weighted by Crippen LogP contribution is -2.17. The third kappa shape index (κ3) is 5.03. The van der Waals surface area contributed by atoms with E-state index in [9.17, 15) is 9.18 Å². The molecule has 1 heterocycles. The van der Waals surface area contributed by atoms with Crippen LogP contribution < -0.4 is 16.6 Å². The first kappa shape index (κ1) is 21.3. The van der Waals surface area contributed by atoms with E-state index in [2.05, 4.69) is 38.2 Å². The number of rotatable bonds is 7. The van der Waals surface area contributed by atoms with E-state index in [1.165, 1.54) is 28.9 Å². The van der Waals surface area contributed by atoms with Crippen LogP contribution in [0.3, 0.4) is 0 Å². The van der Waals surface area contributed by atoms with Crippen molar-refractivity contribution in [3.05, 3.63) is 78.1 Å². The zero-order chi connectivity index (χ0) is 22.5. The number of nitrogen functional groups attached to an aromatic ring is 1. The predicted octanol–water partition coefficient (Wildman–Crippen LogP) is 3.85. The minimum Gasteiger partial charge on any atom is -0.334 e. The molecular weight excluding hydrogens is 429 g/mol. The fourth-order valence-electron chi connectivity index (χ4n) is 2.92. The first-order valence-electron chi connectivity index (χ1n) is 9.68. The number of nitrogens with zero attached hydrogens (tertiary/aromatic N) is 4. The molecule has 0 radical (unpaired) electrons. The Morgan fingerprint density at radius 2 is 1.84 bits per heavy atom. The van der Waals surface area contributed by atoms with Crippen molar-refractivity contribution in [1.29, 1.82) is 0 Å². The van der Waals surface area contributed by atoms with Crippen LogP contribution in [0.15, 0.2) is 77.0 Å². The monoisotopic (exact) mass is 449 g/mol. The summed E-state index contributed by atoms with van der Waals surface area (Å²) < 4.78 is 14.2. The molecule has 0 saturated carbocycles. The Labute approximate surface area is 187 Å². The van der Waals surface area contributed by atoms with Gasteiger partial charge in [-0.2, -0.15) is 5.10 Å². The third-order valence-electron chi connectivity index (χ3n) is 4.62. The average molecular weight is 450 g/mol. The number of aromatic nitrogens is 3. The van der Waals surface area contributed by atoms with Gasteiger partial charge in [-0.1, -0.05) is 48.2 Å². The van der Waals surface area contributed by atoms with Crippen molar-refractivity contribution >= 4 is 45.8 Å². The number of anilines is 2. The van der Waals surface area contributed by atoms with Crippen LogP contribution in [0.5, 0.6) is 0 Å². The summed E-state index contributed by atoms with van der Waals surface area (Å²) in [6.45, 7) is 1.88. The number of hydrogen-bond donors (Lipinski definition) is 3. The summed E-state index contributed by atoms with van der Waals surface area (Å²) in [5.74, 6) is 5.69. The minimum atomic E-state index is -0.368. The maximum atomic E-state index is 12.9. The van der Waals surface area contributed by atoms with E-state index in [1.807, 2.05) is 37.3 Å². The molecule has 0 aliphatic rings. The Balaban J connectivity index is 1.36. The maximum Gasteiger partial charge on any atom is 0.264 e. The summed E-state index contributed by atoms with van der Waals surface area (Å²) in [7, 11) is 0. The third-order valence-corrected chi connectivity index (χ3v) is 5.56. The lowest BCUT2D eigenvalue weighted by molar-refractivity contribution is -0.113. The Morgan fingerprint density at radius 3 is 2.62 bits per heavy atom. The highest BCUT2D eigenvalue weighted by Crippen LogP contribution is 2.19. The lowest BCUT2D eigenvalue weighted by Gasteiger charge is -2.06. The fraction of sp³-hybridized carbons (Fsp3) is 0.0909. The van der Waals surface area contributed by atoms with Gasteiger partial charge in [-0.25, -0.2) is 14.5 Å². The number of benzene rings is 3. The van der Waals surface area contributed by atoms with Crippen LogP contribution >= 0.6 is 11.8 Å². The second-order valence-corrected chi connectivity index (χ2v) is 7.83. The molecule has 3 aromatic carbocycles. The number of amides is 1. The predicted molar refractivity (Wildman–Crippen MR) is 126 cm³/mol. The first-order valence-corrected chi connectivity index (χ1v) is 10.7. The molecule has 0 fully saturated rings. The summed E-state index contributed by atoms with van der Waals surface area (Å²) in [4.78, 5) is 12.1. The normalized spacial score (nSPS) is 11.5. The van der Waals surface area contributed by atoms with Gasteiger partial charge >= 0.3 is 0 Å². The molecule has 1 aromatic heterocycles. The fourth-order valence-corrected chi connectivity index (χ4v) is 3.58. The van der Waals surface area contributed by atoms with Gasteiger partial charge in [-0.05, 0) is 53.6 Å². The van der Waals surface area contributed by atoms with Crippen LogP contribution in [0, 0.1) is 5.82 Å². The van der Waals surface area contributed by atoms with Crippen LogP contribution in [-0.4, -0.2) is 32.2 Å². The Kier molecular flexibility index (Phi) is 6.31. The van der Waals surface area contributed by atoms with Crippen LogP contribution in [0.1, 0.15) is 12.5 Å². The van der Waals surface area contributed by atoms with Gasteiger partial charge in [-0.15, -0.1) is 10.2 Å². The van der Waals surface area contributed by atoms with Gasteiger partial charge in [-0.3, -0.25) is 4.79 Å². The van der Waals surface area contributed by atoms with E-state index in [0.717, 1.165) is 33.8 Å². The maximum absolute atomic E-state index is 12.9. The molecule has 1 amide bonds. The SMILES string of the molecule is C/C(=N\Nc1nnc(SCC(=O)Nc2ccc(F)cc2)n1N)c1ccc2ccccc2c1. The Morgan fingerprint density at radius 1 is 1.09 bits per heavy atom. The van der Waals surface area contributed by atoms with Crippen molar-refractivity contribution < 1.29 is 9.18 Å². The first-order chi connectivity index (χ1) is 15.5. The molecule has 8 nitrogen and oxygen atoms in total. The van der Waals surface area contributed by atoms with Crippen molar-refractivity contribution in [3.8, 4) is 0 Å². The van der Waals surface area contributed by atoms with E-state index in [4.69, 9.17) is 5.84 Å². The quantitative estimate of drug-likeness (QED) is 0.171. The van der Waals surface area contributed by atoms with E-state index < -0.39 is 0 Å². The molecule has 0 bridgehead atoms. The van der Waals surface area contributed by atoms with Gasteiger partial charge < -0.3 is 11.2 Å². The summed E-state index contributed by atoms with van der Waals surface area (Å²) in [6.07, 6.45) is 0. The van der Waals surface area contributed by atoms with Crippen molar-refractivity contribution in [1.82, 2.24) is 14.9 Å². The minimum absolute atomic E-state index is 0.0616. The number of hydrogen-bond acceptors (Lipinski definition) is 7. The van der Waals surface area contributed by atoms with Crippen molar-refractivity contribution in [2.75, 3.05) is 22.3 Å². The van der Waals surface area contributed by atoms with Gasteiger partial charge in [0.1, 0.15) is 5.82 Å². The summed E-state index contributed by atoms with van der Waals surface area (Å²) in [6, 6.07) is 19.7. The highest BCUT2D eigenvalue weighted by Gasteiger charge is 2.12. The average Bonchev–Trinajstić information content (AvgIpc) is 3.16. The molecule has 4 N–H and O–H groups in total. The van der Waals surface area contributed by atoms with Crippen LogP contribution in [0.2, 0.25) is 0 Å². The number of fused-ring (bicyclic) bond motifs is 1. The number of nitrogens with two attached hydrogens (primary N) is 1. The number of thioether (sulfide) groups is 1. The number of carbonyl (C=O) groups excluding carboxylic acids is 1. The molecule has 162 valence electrons. The van der Waals surface area contributed by atoms with E-state index in [1.54, 1.807) is 0 Å². The van der Waals surface area contributed by atoms with E-state index in [0.29, 0.717) is 10.8 Å². The Bertz CT molecular complexity index is 1290. The zero-order valence-corrected chi connectivity index (χ0v) is 17.9. The van der Waals surface area contributed by atoms with Crippen LogP contribution in [0.4, 0.5) is 16.0 Å². The smallest absolute Gasteiger partial charge is 0.264 e. The van der Waals surface area contributed by atoms with E-state index >= 15 is 0 Å². The molecule has 0 aliphatic heterocycles. The lowest BCUT2D eigenvalue weighted by atomic mass is 10.0. The molecule has 0 saturated heterocycles. The standard InChI is InChI=1S/C22H20FN7OS/c1-14(16-7-6-15-4-2-3-5-17(15)12-16)26-27-21-28-29-22(30(21)24)32-13-20(31)25-19-10-8-18(23)9-11-19/h2-12H,13,24H2,1H3,(H,25,31)(H,27,28)/b26-14+. The highest BCUT2D eigenvalue weighted by molar-refractivity contribution is 7.99. The van der Waals surface area contributed by atoms with E-state index in [-0.39, 0.29) is 23.4 Å². The molecule has 4 rings (SSSR count). The number of halogens is 1. The summed E-state index contributed by atoms with van der Waals surface area (Å²) in [5, 5.41) is 17.6. The van der Waals surface area contributed by atoms with Gasteiger partial charge in [0, 0.05) is 5.69 Å². The molecule has 0 spiro atoms. The van der Waals surface area contributed by atoms with Crippen molar-refractivity contribution in [3.63, 3.8) is 0 Å². The number of hydrazone groups is 1. The molecule has 4 aromatic rings. The Hall–Kier alpha value is -3.92. The molecule has 10 heteroatoms. The molecule has 0 atom stereocenters. The number of nitrogens with one attached hydrogen (secondary N) is 2. The van der Waals surface area contributed by atoms with Crippen molar-refractivity contribution in [2.45, 2.75) is 12.1 Å². The summed E-state index contributed by atoms with van der Waals surface area (Å²) in [5.41, 5.74) is 5.04. The zero-order valence-electron chi connectivity index (χ0n) is 17.1. The summed E-state index contributed by atoms with van der Waals surface area (Å²) >= 11 is 1.12. The van der Waals surface area contributed by atoms with Crippen LogP contribution in [-0.2, 0) is 4.79 Å². The topological polar surface area (TPSA) is 110 Å².